The van der Waals surface area contributed by atoms with Gasteiger partial charge in [-0.15, -0.1) is 0 Å². The highest BCUT2D eigenvalue weighted by Gasteiger charge is 2.33. The molecule has 1 aromatic rings. The predicted molar refractivity (Wildman–Crippen MR) is 54.4 cm³/mol. The molecule has 2 rings (SSSR count). The van der Waals surface area contributed by atoms with Crippen molar-refractivity contribution in [3.8, 4) is 5.75 Å². The van der Waals surface area contributed by atoms with Crippen molar-refractivity contribution in [1.82, 2.24) is 0 Å². The van der Waals surface area contributed by atoms with Gasteiger partial charge in [0.25, 0.3) is 0 Å². The van der Waals surface area contributed by atoms with Gasteiger partial charge in [-0.1, -0.05) is 18.2 Å². The van der Waals surface area contributed by atoms with Crippen LogP contribution in [0.1, 0.15) is 11.6 Å². The molecule has 0 fully saturated rings. The third-order valence-corrected chi connectivity index (χ3v) is 2.63. The lowest BCUT2D eigenvalue weighted by Crippen LogP contribution is -2.37. The molecule has 2 atom stereocenters. The Labute approximate surface area is 88.0 Å². The van der Waals surface area contributed by atoms with E-state index in [0.717, 1.165) is 11.3 Å². The fourth-order valence-electron chi connectivity index (χ4n) is 1.75. The van der Waals surface area contributed by atoms with Crippen LogP contribution in [-0.2, 0) is 9.53 Å². The number of carbonyl (C=O) groups is 1. The van der Waals surface area contributed by atoms with Gasteiger partial charge < -0.3 is 15.2 Å². The maximum Gasteiger partial charge on any atom is 0.314 e. The van der Waals surface area contributed by atoms with Crippen LogP contribution in [0.15, 0.2) is 24.3 Å². The molecule has 0 amide bonds. The van der Waals surface area contributed by atoms with E-state index in [1.54, 1.807) is 0 Å². The van der Waals surface area contributed by atoms with Crippen LogP contribution in [0.5, 0.6) is 5.75 Å². The van der Waals surface area contributed by atoms with E-state index in [0.29, 0.717) is 0 Å². The Balaban J connectivity index is 2.29. The topological polar surface area (TPSA) is 61.5 Å². The van der Waals surface area contributed by atoms with Crippen molar-refractivity contribution in [3.63, 3.8) is 0 Å². The molecule has 4 heteroatoms. The number of para-hydroxylation sites is 1. The molecular formula is C11H13NO3. The molecule has 0 radical (unpaired) electrons. The van der Waals surface area contributed by atoms with Crippen molar-refractivity contribution in [2.45, 2.75) is 6.04 Å². The van der Waals surface area contributed by atoms with Crippen LogP contribution in [0.4, 0.5) is 0 Å². The number of carbonyl (C=O) groups excluding carboxylic acids is 1. The molecular weight excluding hydrogens is 194 g/mol. The fraction of sp³-hybridized carbons (Fsp3) is 0.364. The number of methoxy groups -OCH3 is 1. The lowest BCUT2D eigenvalue weighted by atomic mass is 9.91. The van der Waals surface area contributed by atoms with Crippen molar-refractivity contribution in [3.05, 3.63) is 29.8 Å². The van der Waals surface area contributed by atoms with Gasteiger partial charge in [0, 0.05) is 11.6 Å². The Kier molecular flexibility index (Phi) is 2.60. The summed E-state index contributed by atoms with van der Waals surface area (Å²) >= 11 is 0. The Morgan fingerprint density at radius 1 is 1.53 bits per heavy atom. The van der Waals surface area contributed by atoms with E-state index in [-0.39, 0.29) is 18.6 Å². The molecule has 4 nitrogen and oxygen atoms in total. The zero-order valence-corrected chi connectivity index (χ0v) is 8.47. The lowest BCUT2D eigenvalue weighted by Gasteiger charge is -2.29. The largest absolute Gasteiger partial charge is 0.492 e. The predicted octanol–water partition coefficient (Wildman–Crippen LogP) is 0.868. The molecule has 1 heterocycles. The number of benzene rings is 1. The van der Waals surface area contributed by atoms with Crippen molar-refractivity contribution in [1.29, 1.82) is 0 Å². The van der Waals surface area contributed by atoms with Gasteiger partial charge in [0.15, 0.2) is 0 Å². The molecule has 15 heavy (non-hydrogen) atoms. The molecule has 1 aliphatic heterocycles. The molecule has 0 aromatic heterocycles. The van der Waals surface area contributed by atoms with Crippen LogP contribution >= 0.6 is 0 Å². The van der Waals surface area contributed by atoms with E-state index in [2.05, 4.69) is 4.74 Å². The molecule has 1 aromatic carbocycles. The van der Waals surface area contributed by atoms with Crippen LogP contribution < -0.4 is 10.5 Å². The zero-order valence-electron chi connectivity index (χ0n) is 8.47. The molecule has 0 saturated heterocycles. The smallest absolute Gasteiger partial charge is 0.314 e. The van der Waals surface area contributed by atoms with Crippen LogP contribution in [0.25, 0.3) is 0 Å². The standard InChI is InChI=1S/C11H13NO3/c1-14-11(13)8-6-15-9-5-3-2-4-7(9)10(8)12/h2-5,8,10H,6,12H2,1H3/t8-,10+/m0/s1. The number of nitrogens with two attached hydrogens (primary N) is 1. The van der Waals surface area contributed by atoms with Gasteiger partial charge in [-0.3, -0.25) is 4.79 Å². The molecule has 0 spiro atoms. The maximum absolute atomic E-state index is 11.4. The summed E-state index contributed by atoms with van der Waals surface area (Å²) in [5, 5.41) is 0. The van der Waals surface area contributed by atoms with Crippen molar-refractivity contribution < 1.29 is 14.3 Å². The first-order chi connectivity index (χ1) is 7.24. The maximum atomic E-state index is 11.4. The SMILES string of the molecule is COC(=O)[C@H]1COc2ccccc2[C@H]1N. The first-order valence-electron chi connectivity index (χ1n) is 4.79. The number of esters is 1. The molecule has 0 unspecified atom stereocenters. The average molecular weight is 207 g/mol. The van der Waals surface area contributed by atoms with E-state index in [1.165, 1.54) is 7.11 Å². The van der Waals surface area contributed by atoms with Gasteiger partial charge in [-0.05, 0) is 6.07 Å². The summed E-state index contributed by atoms with van der Waals surface area (Å²) in [6.45, 7) is 0.283. The van der Waals surface area contributed by atoms with Crippen molar-refractivity contribution in [2.24, 2.45) is 11.7 Å². The monoisotopic (exact) mass is 207 g/mol. The number of hydrogen-bond donors (Lipinski definition) is 1. The van der Waals surface area contributed by atoms with E-state index in [9.17, 15) is 4.79 Å². The highest BCUT2D eigenvalue weighted by Crippen LogP contribution is 2.33. The molecule has 2 N–H and O–H groups in total. The summed E-state index contributed by atoms with van der Waals surface area (Å²) in [4.78, 5) is 11.4. The lowest BCUT2D eigenvalue weighted by molar-refractivity contribution is -0.147. The normalized spacial score (nSPS) is 23.9. The van der Waals surface area contributed by atoms with E-state index in [4.69, 9.17) is 10.5 Å². The second-order valence-corrected chi connectivity index (χ2v) is 3.50. The molecule has 0 saturated carbocycles. The third kappa shape index (κ3) is 1.68. The number of rotatable bonds is 1. The molecule has 0 bridgehead atoms. The van der Waals surface area contributed by atoms with Gasteiger partial charge >= 0.3 is 5.97 Å². The Morgan fingerprint density at radius 3 is 3.00 bits per heavy atom. The molecule has 1 aliphatic rings. The first-order valence-corrected chi connectivity index (χ1v) is 4.79. The number of hydrogen-bond acceptors (Lipinski definition) is 4. The second-order valence-electron chi connectivity index (χ2n) is 3.50. The summed E-state index contributed by atoms with van der Waals surface area (Å²) in [5.41, 5.74) is 6.85. The fourth-order valence-corrected chi connectivity index (χ4v) is 1.75. The zero-order chi connectivity index (χ0) is 10.8. The van der Waals surface area contributed by atoms with Gasteiger partial charge in [0.1, 0.15) is 18.3 Å². The number of fused-ring (bicyclic) bond motifs is 1. The third-order valence-electron chi connectivity index (χ3n) is 2.63. The summed E-state index contributed by atoms with van der Waals surface area (Å²) in [6.07, 6.45) is 0. The minimum absolute atomic E-state index is 0.283. The second kappa shape index (κ2) is 3.90. The summed E-state index contributed by atoms with van der Waals surface area (Å²) < 4.78 is 10.1. The van der Waals surface area contributed by atoms with Gasteiger partial charge in [-0.25, -0.2) is 0 Å². The quantitative estimate of drug-likeness (QED) is 0.694. The first kappa shape index (κ1) is 9.98. The molecule has 80 valence electrons. The average Bonchev–Trinajstić information content (AvgIpc) is 2.29. The van der Waals surface area contributed by atoms with Crippen LogP contribution in [-0.4, -0.2) is 19.7 Å². The Morgan fingerprint density at radius 2 is 2.27 bits per heavy atom. The van der Waals surface area contributed by atoms with Crippen LogP contribution in [0.2, 0.25) is 0 Å². The van der Waals surface area contributed by atoms with E-state index in [1.807, 2.05) is 24.3 Å². The van der Waals surface area contributed by atoms with Crippen molar-refractivity contribution in [2.75, 3.05) is 13.7 Å². The van der Waals surface area contributed by atoms with E-state index >= 15 is 0 Å². The molecule has 0 aliphatic carbocycles. The Bertz CT molecular complexity index is 378. The highest BCUT2D eigenvalue weighted by molar-refractivity contribution is 5.74. The summed E-state index contributed by atoms with van der Waals surface area (Å²) in [7, 11) is 1.36. The van der Waals surface area contributed by atoms with Crippen LogP contribution in [0, 0.1) is 5.92 Å². The van der Waals surface area contributed by atoms with Crippen molar-refractivity contribution >= 4 is 5.97 Å². The number of ether oxygens (including phenoxy) is 2. The van der Waals surface area contributed by atoms with E-state index < -0.39 is 5.92 Å². The Hall–Kier alpha value is -1.55. The summed E-state index contributed by atoms with van der Waals surface area (Å²) in [5.74, 6) is 0.0204. The van der Waals surface area contributed by atoms with Crippen LogP contribution in [0.3, 0.4) is 0 Å². The van der Waals surface area contributed by atoms with Gasteiger partial charge in [-0.2, -0.15) is 0 Å². The minimum Gasteiger partial charge on any atom is -0.492 e. The van der Waals surface area contributed by atoms with Gasteiger partial charge in [0.05, 0.1) is 7.11 Å². The highest BCUT2D eigenvalue weighted by atomic mass is 16.5. The summed E-state index contributed by atoms with van der Waals surface area (Å²) in [6, 6.07) is 7.13. The van der Waals surface area contributed by atoms with Gasteiger partial charge in [0.2, 0.25) is 0 Å². The minimum atomic E-state index is -0.412.